The van der Waals surface area contributed by atoms with Crippen molar-refractivity contribution in [2.45, 2.75) is 26.7 Å². The summed E-state index contributed by atoms with van der Waals surface area (Å²) < 4.78 is 11.6. The molecule has 4 rings (SSSR count). The Morgan fingerprint density at radius 3 is 2.38 bits per heavy atom. The Balaban J connectivity index is 1.50. The van der Waals surface area contributed by atoms with Crippen LogP contribution in [-0.2, 0) is 0 Å². The van der Waals surface area contributed by atoms with Gasteiger partial charge in [0.2, 0.25) is 5.78 Å². The summed E-state index contributed by atoms with van der Waals surface area (Å²) in [6.07, 6.45) is 1.75. The molecule has 0 amide bonds. The minimum atomic E-state index is -0.167. The normalized spacial score (nSPS) is 13.9. The number of benzene rings is 3. The highest BCUT2D eigenvalue weighted by Crippen LogP contribution is 2.39. The minimum absolute atomic E-state index is 0.125. The zero-order valence-corrected chi connectivity index (χ0v) is 18.9. The largest absolute Gasteiger partial charge is 0.485 e. The van der Waals surface area contributed by atoms with Gasteiger partial charge in [-0.05, 0) is 66.4 Å². The predicted octanol–water partition coefficient (Wildman–Crippen LogP) is 6.65. The van der Waals surface area contributed by atoms with Crippen LogP contribution in [0.15, 0.2) is 66.4 Å². The maximum atomic E-state index is 12.8. The number of halogens is 1. The number of hydrogen-bond donors (Lipinski definition) is 0. The number of ether oxygens (including phenoxy) is 2. The highest BCUT2D eigenvalue weighted by atomic mass is 35.5. The number of carbonyl (C=O) groups excluding carboxylic acids is 2. The van der Waals surface area contributed by atoms with E-state index < -0.39 is 0 Å². The Morgan fingerprint density at radius 1 is 1.03 bits per heavy atom. The summed E-state index contributed by atoms with van der Waals surface area (Å²) in [7, 11) is 0. The van der Waals surface area contributed by atoms with Crippen LogP contribution >= 0.6 is 11.6 Å². The zero-order chi connectivity index (χ0) is 22.8. The van der Waals surface area contributed by atoms with Crippen molar-refractivity contribution in [1.29, 1.82) is 0 Å². The van der Waals surface area contributed by atoms with Crippen molar-refractivity contribution in [2.24, 2.45) is 0 Å². The summed E-state index contributed by atoms with van der Waals surface area (Å²) in [5, 5.41) is 0.568. The monoisotopic (exact) mass is 446 g/mol. The third-order valence-electron chi connectivity index (χ3n) is 5.46. The first kappa shape index (κ1) is 21.8. The number of Topliss-reactive ketones (excluding diaryl/α,β-unsaturated/α-hetero) is 2. The lowest BCUT2D eigenvalue weighted by Gasteiger charge is -2.11. The lowest BCUT2D eigenvalue weighted by Crippen LogP contribution is -2.12. The van der Waals surface area contributed by atoms with Crippen LogP contribution in [0.4, 0.5) is 0 Å². The molecular weight excluding hydrogens is 424 g/mol. The molecule has 4 nitrogen and oxygen atoms in total. The first-order valence-corrected chi connectivity index (χ1v) is 10.8. The predicted molar refractivity (Wildman–Crippen MR) is 126 cm³/mol. The van der Waals surface area contributed by atoms with Crippen molar-refractivity contribution in [3.05, 3.63) is 99.3 Å². The molecule has 1 heterocycles. The van der Waals surface area contributed by atoms with Crippen molar-refractivity contribution in [3.63, 3.8) is 0 Å². The molecule has 0 saturated heterocycles. The molecule has 0 saturated carbocycles. The highest BCUT2D eigenvalue weighted by Gasteiger charge is 2.30. The van der Waals surface area contributed by atoms with Gasteiger partial charge < -0.3 is 9.47 Å². The molecule has 32 heavy (non-hydrogen) atoms. The molecule has 0 spiro atoms. The van der Waals surface area contributed by atoms with Crippen molar-refractivity contribution in [3.8, 4) is 11.5 Å². The minimum Gasteiger partial charge on any atom is -0.485 e. The molecule has 5 heteroatoms. The van der Waals surface area contributed by atoms with Gasteiger partial charge in [0.05, 0.1) is 5.56 Å². The first-order valence-electron chi connectivity index (χ1n) is 10.4. The van der Waals surface area contributed by atoms with Gasteiger partial charge in [-0.2, -0.15) is 0 Å². The summed E-state index contributed by atoms with van der Waals surface area (Å²) >= 11 is 5.87. The topological polar surface area (TPSA) is 52.6 Å². The second kappa shape index (κ2) is 9.01. The van der Waals surface area contributed by atoms with Gasteiger partial charge in [-0.1, -0.05) is 49.7 Å². The second-order valence-electron chi connectivity index (χ2n) is 8.05. The molecule has 0 N–H and O–H groups in total. The Bertz CT molecular complexity index is 1210. The molecular formula is C27H23ClO4. The van der Waals surface area contributed by atoms with Crippen LogP contribution in [0, 0.1) is 6.92 Å². The molecule has 0 radical (unpaired) electrons. The van der Waals surface area contributed by atoms with Crippen LogP contribution in [0.2, 0.25) is 5.02 Å². The molecule has 3 aromatic carbocycles. The van der Waals surface area contributed by atoms with E-state index in [0.29, 0.717) is 39.1 Å². The molecule has 0 aromatic heterocycles. The van der Waals surface area contributed by atoms with E-state index in [4.69, 9.17) is 21.1 Å². The van der Waals surface area contributed by atoms with E-state index in [9.17, 15) is 9.59 Å². The molecule has 1 aliphatic heterocycles. The van der Waals surface area contributed by atoms with Gasteiger partial charge in [0.1, 0.15) is 11.5 Å². The van der Waals surface area contributed by atoms with Crippen molar-refractivity contribution >= 4 is 29.2 Å². The van der Waals surface area contributed by atoms with E-state index in [2.05, 4.69) is 26.0 Å². The van der Waals surface area contributed by atoms with Crippen LogP contribution in [0.1, 0.15) is 57.2 Å². The van der Waals surface area contributed by atoms with Crippen LogP contribution in [0.3, 0.4) is 0 Å². The summed E-state index contributed by atoms with van der Waals surface area (Å²) in [4.78, 5) is 25.2. The molecule has 162 valence electrons. The third kappa shape index (κ3) is 4.46. The van der Waals surface area contributed by atoms with Crippen LogP contribution < -0.4 is 9.47 Å². The third-order valence-corrected chi connectivity index (χ3v) is 5.71. The second-order valence-corrected chi connectivity index (χ2v) is 8.48. The smallest absolute Gasteiger partial charge is 0.231 e. The number of ketones is 2. The average molecular weight is 447 g/mol. The zero-order valence-electron chi connectivity index (χ0n) is 18.1. The Hall–Kier alpha value is -3.37. The van der Waals surface area contributed by atoms with E-state index in [1.165, 1.54) is 5.56 Å². The average Bonchev–Trinajstić information content (AvgIpc) is 3.10. The van der Waals surface area contributed by atoms with Gasteiger partial charge in [0.15, 0.2) is 18.1 Å². The standard InChI is InChI=1S/C27H23ClO4/c1-16(2)19-6-4-18(5-7-19)14-25-26(30)22-12-13-24(17(3)27(22)32-25)31-15-23(29)20-8-10-21(28)11-9-20/h4-14,16H,15H2,1-3H3/b25-14-. The molecule has 0 aliphatic carbocycles. The molecule has 3 aromatic rings. The molecule has 1 aliphatic rings. The lowest BCUT2D eigenvalue weighted by atomic mass is 10.0. The van der Waals surface area contributed by atoms with Gasteiger partial charge in [-0.3, -0.25) is 9.59 Å². The number of fused-ring (bicyclic) bond motifs is 1. The molecule has 0 atom stereocenters. The van der Waals surface area contributed by atoms with Gasteiger partial charge in [0, 0.05) is 16.1 Å². The van der Waals surface area contributed by atoms with Gasteiger partial charge in [0.25, 0.3) is 0 Å². The maximum Gasteiger partial charge on any atom is 0.231 e. The Labute approximate surface area is 192 Å². The number of carbonyl (C=O) groups is 2. The van der Waals surface area contributed by atoms with Crippen molar-refractivity contribution < 1.29 is 19.1 Å². The van der Waals surface area contributed by atoms with E-state index in [0.717, 1.165) is 5.56 Å². The quantitative estimate of drug-likeness (QED) is 0.314. The van der Waals surface area contributed by atoms with E-state index in [1.807, 2.05) is 19.1 Å². The molecule has 0 bridgehead atoms. The molecule has 0 fully saturated rings. The van der Waals surface area contributed by atoms with E-state index >= 15 is 0 Å². The lowest BCUT2D eigenvalue weighted by molar-refractivity contribution is 0.0920. The molecule has 0 unspecified atom stereocenters. The van der Waals surface area contributed by atoms with E-state index in [1.54, 1.807) is 42.5 Å². The van der Waals surface area contributed by atoms with Crippen molar-refractivity contribution in [1.82, 2.24) is 0 Å². The van der Waals surface area contributed by atoms with Crippen molar-refractivity contribution in [2.75, 3.05) is 6.61 Å². The summed E-state index contributed by atoms with van der Waals surface area (Å²) in [6, 6.07) is 18.1. The number of hydrogen-bond acceptors (Lipinski definition) is 4. The van der Waals surface area contributed by atoms with Gasteiger partial charge >= 0.3 is 0 Å². The Kier molecular flexibility index (Phi) is 6.15. The van der Waals surface area contributed by atoms with E-state index in [-0.39, 0.29) is 23.9 Å². The summed E-state index contributed by atoms with van der Waals surface area (Å²) in [6.45, 7) is 5.97. The number of rotatable bonds is 6. The van der Waals surface area contributed by atoms with Gasteiger partial charge in [-0.25, -0.2) is 0 Å². The van der Waals surface area contributed by atoms with Crippen LogP contribution in [0.5, 0.6) is 11.5 Å². The van der Waals surface area contributed by atoms with Gasteiger partial charge in [-0.15, -0.1) is 0 Å². The van der Waals surface area contributed by atoms with Crippen LogP contribution in [0.25, 0.3) is 6.08 Å². The SMILES string of the molecule is Cc1c(OCC(=O)c2ccc(Cl)cc2)ccc2c1O/C(=C\c1ccc(C(C)C)cc1)C2=O. The Morgan fingerprint density at radius 2 is 1.72 bits per heavy atom. The van der Waals surface area contributed by atoms with Crippen LogP contribution in [-0.4, -0.2) is 18.2 Å². The fourth-order valence-electron chi connectivity index (χ4n) is 3.52. The summed E-state index contributed by atoms with van der Waals surface area (Å²) in [5.74, 6) is 1.36. The summed E-state index contributed by atoms with van der Waals surface area (Å²) in [5.41, 5.74) is 3.82. The first-order chi connectivity index (χ1) is 15.3. The highest BCUT2D eigenvalue weighted by molar-refractivity contribution is 6.30. The fourth-order valence-corrected chi connectivity index (χ4v) is 3.64. The maximum absolute atomic E-state index is 12.8. The fraction of sp³-hybridized carbons (Fsp3) is 0.185. The number of allylic oxidation sites excluding steroid dienone is 1.